The molecule has 0 saturated heterocycles. The van der Waals surface area contributed by atoms with Crippen LogP contribution in [0.3, 0.4) is 0 Å². The van der Waals surface area contributed by atoms with Gasteiger partial charge in [-0.05, 0) is 26.0 Å². The quantitative estimate of drug-likeness (QED) is 0.798. The highest BCUT2D eigenvalue weighted by Gasteiger charge is 2.38. The second-order valence-corrected chi connectivity index (χ2v) is 5.97. The van der Waals surface area contributed by atoms with Gasteiger partial charge in [-0.15, -0.1) is 0 Å². The fourth-order valence-electron chi connectivity index (χ4n) is 2.68. The SMILES string of the molecule is CCOC(=O)C1=C(C)OC(N)=C(C#N)C1c1cc(Cl)cc(Cl)c1OC. The summed E-state index contributed by atoms with van der Waals surface area (Å²) in [5, 5.41) is 10.1. The molecule has 0 bridgehead atoms. The van der Waals surface area contributed by atoms with Crippen LogP contribution in [0.5, 0.6) is 5.75 Å². The van der Waals surface area contributed by atoms with Gasteiger partial charge in [0.1, 0.15) is 23.2 Å². The van der Waals surface area contributed by atoms with Gasteiger partial charge >= 0.3 is 5.97 Å². The number of ether oxygens (including phenoxy) is 3. The second kappa shape index (κ2) is 7.68. The van der Waals surface area contributed by atoms with Crippen molar-refractivity contribution in [2.75, 3.05) is 13.7 Å². The minimum Gasteiger partial charge on any atom is -0.495 e. The van der Waals surface area contributed by atoms with E-state index in [1.54, 1.807) is 19.9 Å². The standard InChI is InChI=1S/C17H16Cl2N2O4/c1-4-24-17(22)13-8(2)25-16(21)11(7-20)14(13)10-5-9(18)6-12(19)15(10)23-3/h5-6,14H,4,21H2,1-3H3. The van der Waals surface area contributed by atoms with Crippen molar-refractivity contribution < 1.29 is 19.0 Å². The summed E-state index contributed by atoms with van der Waals surface area (Å²) >= 11 is 12.3. The zero-order chi connectivity index (χ0) is 18.7. The monoisotopic (exact) mass is 382 g/mol. The predicted octanol–water partition coefficient (Wildman–Crippen LogP) is 3.65. The highest BCUT2D eigenvalue weighted by Crippen LogP contribution is 2.46. The molecule has 8 heteroatoms. The molecule has 1 aromatic carbocycles. The van der Waals surface area contributed by atoms with Crippen LogP contribution in [0, 0.1) is 11.3 Å². The van der Waals surface area contributed by atoms with Crippen molar-refractivity contribution >= 4 is 29.2 Å². The summed E-state index contributed by atoms with van der Waals surface area (Å²) < 4.78 is 15.8. The Morgan fingerprint density at radius 1 is 1.44 bits per heavy atom. The van der Waals surface area contributed by atoms with E-state index < -0.39 is 11.9 Å². The van der Waals surface area contributed by atoms with Crippen molar-refractivity contribution in [3.63, 3.8) is 0 Å². The van der Waals surface area contributed by atoms with Gasteiger partial charge in [-0.25, -0.2) is 4.79 Å². The lowest BCUT2D eigenvalue weighted by Gasteiger charge is -2.28. The first-order valence-corrected chi connectivity index (χ1v) is 8.09. The average Bonchev–Trinajstić information content (AvgIpc) is 2.53. The first-order chi connectivity index (χ1) is 11.8. The van der Waals surface area contributed by atoms with Gasteiger partial charge in [0.05, 0.1) is 30.2 Å². The Balaban J connectivity index is 2.78. The summed E-state index contributed by atoms with van der Waals surface area (Å²) in [5.74, 6) is -1.07. The van der Waals surface area contributed by atoms with Gasteiger partial charge in [-0.2, -0.15) is 5.26 Å². The number of nitrogens with two attached hydrogens (primary N) is 1. The number of rotatable bonds is 4. The first-order valence-electron chi connectivity index (χ1n) is 7.34. The first kappa shape index (κ1) is 19.0. The molecule has 2 N–H and O–H groups in total. The minimum atomic E-state index is -0.871. The van der Waals surface area contributed by atoms with E-state index in [9.17, 15) is 10.1 Å². The summed E-state index contributed by atoms with van der Waals surface area (Å²) in [6.45, 7) is 3.41. The summed E-state index contributed by atoms with van der Waals surface area (Å²) in [6.07, 6.45) is 0. The third kappa shape index (κ3) is 3.53. The molecule has 0 fully saturated rings. The number of hydrogen-bond donors (Lipinski definition) is 1. The van der Waals surface area contributed by atoms with Crippen molar-refractivity contribution in [3.05, 3.63) is 50.5 Å². The number of hydrogen-bond acceptors (Lipinski definition) is 6. The molecule has 1 heterocycles. The topological polar surface area (TPSA) is 94.6 Å². The van der Waals surface area contributed by atoms with Crippen LogP contribution in [-0.2, 0) is 14.3 Å². The molecule has 0 aliphatic carbocycles. The van der Waals surface area contributed by atoms with Crippen molar-refractivity contribution in [2.24, 2.45) is 5.73 Å². The zero-order valence-electron chi connectivity index (χ0n) is 13.9. The Morgan fingerprint density at radius 2 is 2.12 bits per heavy atom. The number of carbonyl (C=O) groups excluding carboxylic acids is 1. The maximum atomic E-state index is 12.5. The third-order valence-electron chi connectivity index (χ3n) is 3.65. The molecule has 6 nitrogen and oxygen atoms in total. The second-order valence-electron chi connectivity index (χ2n) is 5.13. The van der Waals surface area contributed by atoms with Crippen LogP contribution in [0.25, 0.3) is 0 Å². The molecule has 1 atom stereocenters. The van der Waals surface area contributed by atoms with Gasteiger partial charge in [-0.1, -0.05) is 23.2 Å². The van der Waals surface area contributed by atoms with Gasteiger partial charge in [0.25, 0.3) is 0 Å². The number of halogens is 2. The minimum absolute atomic E-state index is 0.0466. The smallest absolute Gasteiger partial charge is 0.338 e. The summed E-state index contributed by atoms with van der Waals surface area (Å²) in [4.78, 5) is 12.5. The zero-order valence-corrected chi connectivity index (χ0v) is 15.4. The van der Waals surface area contributed by atoms with E-state index in [0.717, 1.165) is 0 Å². The van der Waals surface area contributed by atoms with Crippen LogP contribution >= 0.6 is 23.2 Å². The maximum absolute atomic E-state index is 12.5. The molecule has 1 aliphatic heterocycles. The number of carbonyl (C=O) groups is 1. The number of nitriles is 1. The molecule has 132 valence electrons. The Labute approximate surface area is 155 Å². The van der Waals surface area contributed by atoms with Crippen LogP contribution in [0.4, 0.5) is 0 Å². The van der Waals surface area contributed by atoms with Crippen LogP contribution in [0.15, 0.2) is 34.9 Å². The number of methoxy groups -OCH3 is 1. The summed E-state index contributed by atoms with van der Waals surface area (Å²) in [6, 6.07) is 5.06. The molecule has 0 radical (unpaired) electrons. The van der Waals surface area contributed by atoms with Crippen LogP contribution in [0.2, 0.25) is 10.0 Å². The van der Waals surface area contributed by atoms with Crippen LogP contribution in [0.1, 0.15) is 25.3 Å². The summed E-state index contributed by atoms with van der Waals surface area (Å²) in [7, 11) is 1.43. The van der Waals surface area contributed by atoms with Gasteiger partial charge in [-0.3, -0.25) is 0 Å². The van der Waals surface area contributed by atoms with E-state index in [4.69, 9.17) is 43.1 Å². The number of nitrogens with zero attached hydrogens (tertiary/aromatic N) is 1. The van der Waals surface area contributed by atoms with Crippen molar-refractivity contribution in [1.29, 1.82) is 5.26 Å². The lowest BCUT2D eigenvalue weighted by molar-refractivity contribution is -0.139. The Kier molecular flexibility index (Phi) is 5.83. The highest BCUT2D eigenvalue weighted by atomic mass is 35.5. The largest absolute Gasteiger partial charge is 0.495 e. The predicted molar refractivity (Wildman–Crippen MR) is 93.0 cm³/mol. The molecule has 0 amide bonds. The van der Waals surface area contributed by atoms with Gasteiger partial charge in [0, 0.05) is 10.6 Å². The molecular weight excluding hydrogens is 367 g/mol. The molecule has 1 aliphatic rings. The van der Waals surface area contributed by atoms with E-state index in [1.807, 2.05) is 6.07 Å². The Morgan fingerprint density at radius 3 is 2.68 bits per heavy atom. The van der Waals surface area contributed by atoms with Crippen molar-refractivity contribution in [2.45, 2.75) is 19.8 Å². The van der Waals surface area contributed by atoms with E-state index in [2.05, 4.69) is 0 Å². The van der Waals surface area contributed by atoms with E-state index in [1.165, 1.54) is 13.2 Å². The van der Waals surface area contributed by atoms with Crippen LogP contribution < -0.4 is 10.5 Å². The third-order valence-corrected chi connectivity index (χ3v) is 4.15. The van der Waals surface area contributed by atoms with E-state index in [-0.39, 0.29) is 40.2 Å². The number of benzene rings is 1. The van der Waals surface area contributed by atoms with E-state index >= 15 is 0 Å². The van der Waals surface area contributed by atoms with Crippen molar-refractivity contribution in [3.8, 4) is 11.8 Å². The van der Waals surface area contributed by atoms with Gasteiger partial charge < -0.3 is 19.9 Å². The molecule has 1 aromatic rings. The molecule has 0 aromatic heterocycles. The normalized spacial score (nSPS) is 17.0. The molecular formula is C17H16Cl2N2O4. The molecule has 0 spiro atoms. The summed E-state index contributed by atoms with van der Waals surface area (Å²) in [5.41, 5.74) is 6.46. The lowest BCUT2D eigenvalue weighted by Crippen LogP contribution is -2.26. The molecule has 0 saturated carbocycles. The Hall–Kier alpha value is -2.36. The fourth-order valence-corrected chi connectivity index (χ4v) is 3.26. The van der Waals surface area contributed by atoms with E-state index in [0.29, 0.717) is 10.6 Å². The number of allylic oxidation sites excluding steroid dienone is 2. The maximum Gasteiger partial charge on any atom is 0.338 e. The molecule has 1 unspecified atom stereocenters. The van der Waals surface area contributed by atoms with Gasteiger partial charge in [0.15, 0.2) is 0 Å². The molecule has 25 heavy (non-hydrogen) atoms. The van der Waals surface area contributed by atoms with Crippen molar-refractivity contribution in [1.82, 2.24) is 0 Å². The van der Waals surface area contributed by atoms with Crippen LogP contribution in [-0.4, -0.2) is 19.7 Å². The fraction of sp³-hybridized carbons (Fsp3) is 0.294. The lowest BCUT2D eigenvalue weighted by atomic mass is 9.82. The van der Waals surface area contributed by atoms with Gasteiger partial charge in [0.2, 0.25) is 5.88 Å². The molecule has 2 rings (SSSR count). The number of esters is 1. The highest BCUT2D eigenvalue weighted by molar-refractivity contribution is 6.35. The average molecular weight is 383 g/mol. The Bertz CT molecular complexity index is 825.